The van der Waals surface area contributed by atoms with Crippen molar-refractivity contribution in [3.63, 3.8) is 0 Å². The molecule has 4 unspecified atom stereocenters. The summed E-state index contributed by atoms with van der Waals surface area (Å²) in [5, 5.41) is 0. The first-order valence-corrected chi connectivity index (χ1v) is 9.13. The number of nitrogens with zero attached hydrogens (tertiary/aromatic N) is 2. The topological polar surface area (TPSA) is 6.48 Å². The van der Waals surface area contributed by atoms with Crippen LogP contribution in [-0.4, -0.2) is 48.1 Å². The lowest BCUT2D eigenvalue weighted by Crippen LogP contribution is -2.61. The molecule has 2 heterocycles. The molecule has 4 atom stereocenters. The van der Waals surface area contributed by atoms with Gasteiger partial charge in [-0.3, -0.25) is 9.80 Å². The van der Waals surface area contributed by atoms with Crippen molar-refractivity contribution in [1.82, 2.24) is 9.80 Å². The van der Waals surface area contributed by atoms with Crippen molar-refractivity contribution in [3.05, 3.63) is 0 Å². The van der Waals surface area contributed by atoms with Crippen LogP contribution in [0.5, 0.6) is 0 Å². The molecule has 0 amide bonds. The first-order valence-electron chi connectivity index (χ1n) is 9.13. The molecule has 2 saturated heterocycles. The molecule has 1 aliphatic carbocycles. The largest absolute Gasteiger partial charge is 0.298 e. The van der Waals surface area contributed by atoms with E-state index in [1.807, 2.05) is 0 Å². The minimum atomic E-state index is 0.801. The van der Waals surface area contributed by atoms with Gasteiger partial charge in [0, 0.05) is 31.7 Å². The normalized spacial score (nSPS) is 40.2. The number of hydrogen-bond donors (Lipinski definition) is 0. The van der Waals surface area contributed by atoms with Gasteiger partial charge in [-0.2, -0.15) is 0 Å². The molecule has 3 aliphatic rings. The standard InChI is InChI=1S/C18H34N2/c1-14(2)18-13-19-10-5-4-9-17(19)12-20(18)11-16-8-6-7-15(16)3/h14-18H,4-13H2,1-3H3. The van der Waals surface area contributed by atoms with Gasteiger partial charge in [0.05, 0.1) is 0 Å². The maximum absolute atomic E-state index is 2.89. The van der Waals surface area contributed by atoms with Crippen LogP contribution in [0.2, 0.25) is 0 Å². The van der Waals surface area contributed by atoms with E-state index in [0.717, 1.165) is 29.8 Å². The molecule has 3 fully saturated rings. The Morgan fingerprint density at radius 2 is 1.85 bits per heavy atom. The summed E-state index contributed by atoms with van der Waals surface area (Å²) in [4.78, 5) is 5.70. The second kappa shape index (κ2) is 6.36. The van der Waals surface area contributed by atoms with E-state index in [-0.39, 0.29) is 0 Å². The van der Waals surface area contributed by atoms with Crippen molar-refractivity contribution < 1.29 is 0 Å². The molecule has 20 heavy (non-hydrogen) atoms. The zero-order valence-electron chi connectivity index (χ0n) is 13.9. The summed E-state index contributed by atoms with van der Waals surface area (Å²) in [6.45, 7) is 12.8. The SMILES string of the molecule is CC(C)C1CN2CCCCC2CN1CC1CCCC1C. The molecule has 3 rings (SSSR count). The van der Waals surface area contributed by atoms with Gasteiger partial charge in [0.1, 0.15) is 0 Å². The van der Waals surface area contributed by atoms with Crippen molar-refractivity contribution in [2.24, 2.45) is 17.8 Å². The molecule has 116 valence electrons. The summed E-state index contributed by atoms with van der Waals surface area (Å²) in [6.07, 6.45) is 8.77. The van der Waals surface area contributed by atoms with Crippen LogP contribution in [-0.2, 0) is 0 Å². The number of fused-ring (bicyclic) bond motifs is 1. The molecule has 0 N–H and O–H groups in total. The Labute approximate surface area is 125 Å². The molecule has 0 aromatic rings. The van der Waals surface area contributed by atoms with Crippen molar-refractivity contribution in [3.8, 4) is 0 Å². The summed E-state index contributed by atoms with van der Waals surface area (Å²) >= 11 is 0. The van der Waals surface area contributed by atoms with Gasteiger partial charge in [0.25, 0.3) is 0 Å². The van der Waals surface area contributed by atoms with E-state index in [9.17, 15) is 0 Å². The lowest BCUT2D eigenvalue weighted by molar-refractivity contribution is -0.0167. The Balaban J connectivity index is 1.66. The number of hydrogen-bond acceptors (Lipinski definition) is 2. The van der Waals surface area contributed by atoms with E-state index >= 15 is 0 Å². The quantitative estimate of drug-likeness (QED) is 0.778. The predicted molar refractivity (Wildman–Crippen MR) is 85.9 cm³/mol. The number of piperidine rings is 1. The van der Waals surface area contributed by atoms with Crippen LogP contribution in [0.15, 0.2) is 0 Å². The summed E-state index contributed by atoms with van der Waals surface area (Å²) in [7, 11) is 0. The van der Waals surface area contributed by atoms with E-state index in [4.69, 9.17) is 0 Å². The molecule has 2 heteroatoms. The second-order valence-corrected chi connectivity index (χ2v) is 8.08. The molecule has 2 aliphatic heterocycles. The van der Waals surface area contributed by atoms with E-state index < -0.39 is 0 Å². The van der Waals surface area contributed by atoms with Gasteiger partial charge in [-0.1, -0.05) is 40.0 Å². The monoisotopic (exact) mass is 278 g/mol. The molecular weight excluding hydrogens is 244 g/mol. The molecule has 0 aromatic heterocycles. The fourth-order valence-corrected chi connectivity index (χ4v) is 4.91. The van der Waals surface area contributed by atoms with E-state index in [1.165, 1.54) is 64.7 Å². The van der Waals surface area contributed by atoms with Crippen LogP contribution >= 0.6 is 0 Å². The first kappa shape index (κ1) is 14.8. The third kappa shape index (κ3) is 3.06. The van der Waals surface area contributed by atoms with Gasteiger partial charge in [-0.05, 0) is 43.6 Å². The van der Waals surface area contributed by atoms with E-state index in [2.05, 4.69) is 30.6 Å². The van der Waals surface area contributed by atoms with Crippen molar-refractivity contribution in [1.29, 1.82) is 0 Å². The summed E-state index contributed by atoms with van der Waals surface area (Å²) in [5.74, 6) is 2.74. The molecule has 0 spiro atoms. The highest BCUT2D eigenvalue weighted by Crippen LogP contribution is 2.34. The third-order valence-corrected chi connectivity index (χ3v) is 6.36. The highest BCUT2D eigenvalue weighted by molar-refractivity contribution is 4.93. The fraction of sp³-hybridized carbons (Fsp3) is 1.00. The van der Waals surface area contributed by atoms with Crippen LogP contribution in [0, 0.1) is 17.8 Å². The minimum absolute atomic E-state index is 0.801. The summed E-state index contributed by atoms with van der Waals surface area (Å²) in [5.41, 5.74) is 0. The Kier molecular flexibility index (Phi) is 4.72. The van der Waals surface area contributed by atoms with E-state index in [1.54, 1.807) is 0 Å². The Hall–Kier alpha value is -0.0800. The predicted octanol–water partition coefficient (Wildman–Crippen LogP) is 3.62. The third-order valence-electron chi connectivity index (χ3n) is 6.36. The number of rotatable bonds is 3. The van der Waals surface area contributed by atoms with Crippen molar-refractivity contribution in [2.45, 2.75) is 71.4 Å². The maximum Gasteiger partial charge on any atom is 0.0247 e. The smallest absolute Gasteiger partial charge is 0.0247 e. The van der Waals surface area contributed by atoms with Crippen LogP contribution in [0.3, 0.4) is 0 Å². The van der Waals surface area contributed by atoms with Gasteiger partial charge >= 0.3 is 0 Å². The van der Waals surface area contributed by atoms with Crippen LogP contribution in [0.25, 0.3) is 0 Å². The second-order valence-electron chi connectivity index (χ2n) is 8.08. The molecular formula is C18H34N2. The summed E-state index contributed by atoms with van der Waals surface area (Å²) < 4.78 is 0. The van der Waals surface area contributed by atoms with Crippen LogP contribution < -0.4 is 0 Å². The van der Waals surface area contributed by atoms with Gasteiger partial charge < -0.3 is 0 Å². The van der Waals surface area contributed by atoms with Gasteiger partial charge in [-0.15, -0.1) is 0 Å². The fourth-order valence-electron chi connectivity index (χ4n) is 4.91. The van der Waals surface area contributed by atoms with Crippen LogP contribution in [0.1, 0.15) is 59.3 Å². The Morgan fingerprint density at radius 3 is 2.55 bits per heavy atom. The Bertz CT molecular complexity index is 315. The minimum Gasteiger partial charge on any atom is -0.298 e. The van der Waals surface area contributed by atoms with Crippen molar-refractivity contribution >= 4 is 0 Å². The molecule has 0 aromatic carbocycles. The molecule has 0 radical (unpaired) electrons. The van der Waals surface area contributed by atoms with Gasteiger partial charge in [-0.25, -0.2) is 0 Å². The van der Waals surface area contributed by atoms with Crippen molar-refractivity contribution in [2.75, 3.05) is 26.2 Å². The van der Waals surface area contributed by atoms with Gasteiger partial charge in [0.15, 0.2) is 0 Å². The summed E-state index contributed by atoms with van der Waals surface area (Å²) in [6, 6.07) is 1.67. The average molecular weight is 278 g/mol. The van der Waals surface area contributed by atoms with Crippen LogP contribution in [0.4, 0.5) is 0 Å². The molecule has 0 bridgehead atoms. The van der Waals surface area contributed by atoms with Gasteiger partial charge in [0.2, 0.25) is 0 Å². The average Bonchev–Trinajstić information content (AvgIpc) is 2.83. The highest BCUT2D eigenvalue weighted by Gasteiger charge is 2.38. The first-order chi connectivity index (χ1) is 9.65. The zero-order chi connectivity index (χ0) is 14.1. The lowest BCUT2D eigenvalue weighted by atomic mass is 9.89. The highest BCUT2D eigenvalue weighted by atomic mass is 15.3. The molecule has 1 saturated carbocycles. The van der Waals surface area contributed by atoms with E-state index in [0.29, 0.717) is 0 Å². The maximum atomic E-state index is 2.89. The lowest BCUT2D eigenvalue weighted by Gasteiger charge is -2.50. The Morgan fingerprint density at radius 1 is 1.00 bits per heavy atom. The molecule has 2 nitrogen and oxygen atoms in total. The number of piperazine rings is 1. The zero-order valence-corrected chi connectivity index (χ0v) is 13.9.